The van der Waals surface area contributed by atoms with Crippen molar-refractivity contribution in [3.63, 3.8) is 0 Å². The molecule has 6 heteroatoms. The molecular weight excluding hydrogens is 284 g/mol. The molecular formula is C16H14N2O4. The fraction of sp³-hybridized carbons (Fsp3) is 0.0625. The zero-order chi connectivity index (χ0) is 15.9. The molecule has 1 N–H and O–H groups in total. The number of carbonyl (C=O) groups excluding carboxylic acids is 1. The Morgan fingerprint density at radius 2 is 1.91 bits per heavy atom. The van der Waals surface area contributed by atoms with Crippen molar-refractivity contribution in [1.29, 1.82) is 0 Å². The first-order valence-electron chi connectivity index (χ1n) is 6.50. The number of hydrogen-bond donors (Lipinski definition) is 1. The molecule has 1 amide bonds. The van der Waals surface area contributed by atoms with Crippen LogP contribution in [0.2, 0.25) is 0 Å². The van der Waals surface area contributed by atoms with E-state index < -0.39 is 10.8 Å². The van der Waals surface area contributed by atoms with E-state index in [1.54, 1.807) is 36.4 Å². The molecule has 0 spiro atoms. The van der Waals surface area contributed by atoms with E-state index in [1.807, 2.05) is 0 Å². The van der Waals surface area contributed by atoms with Gasteiger partial charge in [-0.2, -0.15) is 0 Å². The Labute approximate surface area is 127 Å². The average Bonchev–Trinajstić information content (AvgIpc) is 2.54. The minimum Gasteiger partial charge on any atom is -0.490 e. The number of nitrogens with zero attached hydrogens (tertiary/aromatic N) is 1. The summed E-state index contributed by atoms with van der Waals surface area (Å²) in [5, 5.41) is 13.5. The summed E-state index contributed by atoms with van der Waals surface area (Å²) in [6.45, 7) is 3.94. The number of benzene rings is 2. The normalized spacial score (nSPS) is 9.82. The highest BCUT2D eigenvalue weighted by atomic mass is 16.6. The SMILES string of the molecule is C=CCOc1ccc(NC(=O)c2ccccc2[N+](=O)[O-])cc1. The van der Waals surface area contributed by atoms with Gasteiger partial charge in [0.25, 0.3) is 11.6 Å². The molecule has 0 fully saturated rings. The second-order valence-corrected chi connectivity index (χ2v) is 4.35. The smallest absolute Gasteiger partial charge is 0.282 e. The van der Waals surface area contributed by atoms with Crippen LogP contribution < -0.4 is 10.1 Å². The maximum Gasteiger partial charge on any atom is 0.282 e. The van der Waals surface area contributed by atoms with E-state index in [0.29, 0.717) is 18.0 Å². The van der Waals surface area contributed by atoms with E-state index >= 15 is 0 Å². The van der Waals surface area contributed by atoms with Gasteiger partial charge in [0.2, 0.25) is 0 Å². The summed E-state index contributed by atoms with van der Waals surface area (Å²) in [4.78, 5) is 22.5. The van der Waals surface area contributed by atoms with Crippen LogP contribution in [0.5, 0.6) is 5.75 Å². The van der Waals surface area contributed by atoms with Gasteiger partial charge in [0.1, 0.15) is 17.9 Å². The molecule has 0 saturated carbocycles. The number of anilines is 1. The zero-order valence-corrected chi connectivity index (χ0v) is 11.7. The van der Waals surface area contributed by atoms with Gasteiger partial charge in [-0.05, 0) is 30.3 Å². The predicted molar refractivity (Wildman–Crippen MR) is 83.2 cm³/mol. The molecule has 112 valence electrons. The van der Waals surface area contributed by atoms with E-state index in [-0.39, 0.29) is 11.3 Å². The summed E-state index contributed by atoms with van der Waals surface area (Å²) < 4.78 is 5.33. The van der Waals surface area contributed by atoms with Crippen molar-refractivity contribution < 1.29 is 14.5 Å². The van der Waals surface area contributed by atoms with E-state index in [1.165, 1.54) is 18.2 Å². The fourth-order valence-electron chi connectivity index (χ4n) is 1.81. The van der Waals surface area contributed by atoms with Crippen molar-refractivity contribution in [2.45, 2.75) is 0 Å². The van der Waals surface area contributed by atoms with Crippen LogP contribution in [0.3, 0.4) is 0 Å². The van der Waals surface area contributed by atoms with E-state index in [2.05, 4.69) is 11.9 Å². The van der Waals surface area contributed by atoms with Crippen molar-refractivity contribution in [3.8, 4) is 5.75 Å². The minimum atomic E-state index is -0.582. The lowest BCUT2D eigenvalue weighted by molar-refractivity contribution is -0.385. The highest BCUT2D eigenvalue weighted by molar-refractivity contribution is 6.07. The molecule has 0 aliphatic heterocycles. The average molecular weight is 298 g/mol. The van der Waals surface area contributed by atoms with Crippen LogP contribution in [0.15, 0.2) is 61.2 Å². The van der Waals surface area contributed by atoms with Crippen LogP contribution in [0, 0.1) is 10.1 Å². The lowest BCUT2D eigenvalue weighted by atomic mass is 10.1. The highest BCUT2D eigenvalue weighted by Crippen LogP contribution is 2.20. The molecule has 0 atom stereocenters. The maximum atomic E-state index is 12.1. The van der Waals surface area contributed by atoms with Gasteiger partial charge in [0.15, 0.2) is 0 Å². The third kappa shape index (κ3) is 3.69. The summed E-state index contributed by atoms with van der Waals surface area (Å²) >= 11 is 0. The largest absolute Gasteiger partial charge is 0.490 e. The molecule has 2 rings (SSSR count). The van der Waals surface area contributed by atoms with Crippen LogP contribution in [0.1, 0.15) is 10.4 Å². The van der Waals surface area contributed by atoms with Gasteiger partial charge < -0.3 is 10.1 Å². The number of nitro groups is 1. The van der Waals surface area contributed by atoms with Crippen molar-refractivity contribution >= 4 is 17.3 Å². The molecule has 0 radical (unpaired) electrons. The summed E-state index contributed by atoms with van der Waals surface area (Å²) in [6.07, 6.45) is 1.63. The molecule has 0 bridgehead atoms. The minimum absolute atomic E-state index is 0.0134. The Morgan fingerprint density at radius 3 is 2.55 bits per heavy atom. The van der Waals surface area contributed by atoms with Gasteiger partial charge >= 0.3 is 0 Å². The third-order valence-electron chi connectivity index (χ3n) is 2.83. The number of hydrogen-bond acceptors (Lipinski definition) is 4. The Morgan fingerprint density at radius 1 is 1.23 bits per heavy atom. The molecule has 0 unspecified atom stereocenters. The molecule has 0 aromatic heterocycles. The zero-order valence-electron chi connectivity index (χ0n) is 11.7. The predicted octanol–water partition coefficient (Wildman–Crippen LogP) is 3.41. The number of ether oxygens (including phenoxy) is 1. The Hall–Kier alpha value is -3.15. The topological polar surface area (TPSA) is 81.5 Å². The third-order valence-corrected chi connectivity index (χ3v) is 2.83. The summed E-state index contributed by atoms with van der Waals surface area (Å²) in [5.74, 6) is 0.107. The van der Waals surface area contributed by atoms with Gasteiger partial charge in [-0.15, -0.1) is 0 Å². The van der Waals surface area contributed by atoms with Crippen LogP contribution in [-0.2, 0) is 0 Å². The molecule has 22 heavy (non-hydrogen) atoms. The number of rotatable bonds is 6. The van der Waals surface area contributed by atoms with Crippen molar-refractivity contribution in [1.82, 2.24) is 0 Å². The molecule has 0 heterocycles. The monoisotopic (exact) mass is 298 g/mol. The lowest BCUT2D eigenvalue weighted by Gasteiger charge is -2.07. The highest BCUT2D eigenvalue weighted by Gasteiger charge is 2.19. The number of nitro benzene ring substituents is 1. The van der Waals surface area contributed by atoms with E-state index in [4.69, 9.17) is 4.74 Å². The van der Waals surface area contributed by atoms with Gasteiger partial charge in [0, 0.05) is 11.8 Å². The second kappa shape index (κ2) is 7.03. The first-order chi connectivity index (χ1) is 10.6. The van der Waals surface area contributed by atoms with Crippen molar-refractivity contribution in [2.24, 2.45) is 0 Å². The van der Waals surface area contributed by atoms with Crippen LogP contribution in [0.4, 0.5) is 11.4 Å². The molecule has 0 aliphatic carbocycles. The maximum absolute atomic E-state index is 12.1. The van der Waals surface area contributed by atoms with Gasteiger partial charge in [-0.1, -0.05) is 24.8 Å². The first kappa shape index (κ1) is 15.2. The summed E-state index contributed by atoms with van der Waals surface area (Å²) in [5.41, 5.74) is 0.305. The number of para-hydroxylation sites is 1. The summed E-state index contributed by atoms with van der Waals surface area (Å²) in [6, 6.07) is 12.5. The Balaban J connectivity index is 2.12. The fourth-order valence-corrected chi connectivity index (χ4v) is 1.81. The Kier molecular flexibility index (Phi) is 4.87. The quantitative estimate of drug-likeness (QED) is 0.503. The van der Waals surface area contributed by atoms with E-state index in [0.717, 1.165) is 0 Å². The Bertz CT molecular complexity index is 696. The molecule has 2 aromatic rings. The van der Waals surface area contributed by atoms with E-state index in [9.17, 15) is 14.9 Å². The number of amides is 1. The first-order valence-corrected chi connectivity index (χ1v) is 6.50. The molecule has 0 aliphatic rings. The summed E-state index contributed by atoms with van der Waals surface area (Å²) in [7, 11) is 0. The molecule has 2 aromatic carbocycles. The van der Waals surface area contributed by atoms with Crippen LogP contribution in [0.25, 0.3) is 0 Å². The van der Waals surface area contributed by atoms with Gasteiger partial charge in [-0.3, -0.25) is 14.9 Å². The van der Waals surface area contributed by atoms with Gasteiger partial charge in [-0.25, -0.2) is 0 Å². The lowest BCUT2D eigenvalue weighted by Crippen LogP contribution is -2.13. The van der Waals surface area contributed by atoms with Gasteiger partial charge in [0.05, 0.1) is 4.92 Å². The number of carbonyl (C=O) groups is 1. The molecule has 0 saturated heterocycles. The standard InChI is InChI=1S/C16H14N2O4/c1-2-11-22-13-9-7-12(8-10-13)17-16(19)14-5-3-4-6-15(14)18(20)21/h2-10H,1,11H2,(H,17,19). The number of nitrogens with one attached hydrogen (secondary N) is 1. The van der Waals surface area contributed by atoms with Crippen molar-refractivity contribution in [2.75, 3.05) is 11.9 Å². The second-order valence-electron chi connectivity index (χ2n) is 4.35. The van der Waals surface area contributed by atoms with Crippen LogP contribution in [-0.4, -0.2) is 17.4 Å². The van der Waals surface area contributed by atoms with Crippen molar-refractivity contribution in [3.05, 3.63) is 76.9 Å². The molecule has 6 nitrogen and oxygen atoms in total. The van der Waals surface area contributed by atoms with Crippen LogP contribution >= 0.6 is 0 Å².